The quantitative estimate of drug-likeness (QED) is 0.296. The second kappa shape index (κ2) is 8.56. The summed E-state index contributed by atoms with van der Waals surface area (Å²) in [6.45, 7) is -0.464. The first-order valence-electron chi connectivity index (χ1n) is 7.60. The number of nitrogens with one attached hydrogen (secondary N) is 1. The Balaban J connectivity index is 1.88. The molecular weight excluding hydrogens is 354 g/mol. The topological polar surface area (TPSA) is 145 Å². The molecule has 11 heteroatoms. The summed E-state index contributed by atoms with van der Waals surface area (Å²) in [4.78, 5) is 22.2. The number of esters is 1. The first-order chi connectivity index (χ1) is 11.8. The molecule has 2 unspecified atom stereocenters. The number of aliphatic hydroxyl groups excluding tert-OH is 1. The second-order valence-corrected chi connectivity index (χ2v) is 7.46. The predicted octanol–water partition coefficient (Wildman–Crippen LogP) is 0.931. The maximum absolute atomic E-state index is 11.9. The lowest BCUT2D eigenvalue weighted by Crippen LogP contribution is -2.30. The maximum Gasteiger partial charge on any atom is 0.338 e. The Bertz CT molecular complexity index is 601. The molecule has 1 saturated heterocycles. The van der Waals surface area contributed by atoms with Gasteiger partial charge in [-0.25, -0.2) is 4.79 Å². The van der Waals surface area contributed by atoms with Crippen LogP contribution in [0.15, 0.2) is 30.3 Å². The molecule has 0 aliphatic carbocycles. The molecular formula is C14H21N3O7S. The highest BCUT2D eigenvalue weighted by molar-refractivity contribution is 8.20. The van der Waals surface area contributed by atoms with Crippen LogP contribution in [0.3, 0.4) is 0 Å². The molecule has 1 fully saturated rings. The van der Waals surface area contributed by atoms with E-state index in [2.05, 4.69) is 4.72 Å². The fourth-order valence-electron chi connectivity index (χ4n) is 2.43. The molecule has 1 aromatic rings. The average molecular weight is 375 g/mol. The number of β-amino-alcohol motifs (C(OH)–C–C–N with tert-alkyl or cyclic N) is 1. The first kappa shape index (κ1) is 19.6. The van der Waals surface area contributed by atoms with E-state index in [9.17, 15) is 29.1 Å². The van der Waals surface area contributed by atoms with Crippen molar-refractivity contribution in [1.29, 1.82) is 0 Å². The Labute approximate surface area is 146 Å². The van der Waals surface area contributed by atoms with E-state index in [1.165, 1.54) is 4.31 Å². The fourth-order valence-corrected chi connectivity index (χ4v) is 3.72. The highest BCUT2D eigenvalue weighted by Gasteiger charge is 2.35. The summed E-state index contributed by atoms with van der Waals surface area (Å²) in [7, 11) is -3.28. The van der Waals surface area contributed by atoms with Crippen molar-refractivity contribution in [2.75, 3.05) is 26.2 Å². The van der Waals surface area contributed by atoms with Gasteiger partial charge in [0.25, 0.3) is 0 Å². The minimum atomic E-state index is -3.28. The highest BCUT2D eigenvalue weighted by Crippen LogP contribution is 2.43. The van der Waals surface area contributed by atoms with Gasteiger partial charge in [0, 0.05) is 11.5 Å². The average Bonchev–Trinajstić information content (AvgIpc) is 2.81. The monoisotopic (exact) mass is 375 g/mol. The molecule has 1 aromatic carbocycles. The van der Waals surface area contributed by atoms with Crippen molar-refractivity contribution in [3.05, 3.63) is 46.0 Å². The van der Waals surface area contributed by atoms with Gasteiger partial charge in [0.05, 0.1) is 18.0 Å². The molecule has 140 valence electrons. The Morgan fingerprint density at radius 1 is 1.44 bits per heavy atom. The van der Waals surface area contributed by atoms with Crippen LogP contribution in [0.2, 0.25) is 0 Å². The van der Waals surface area contributed by atoms with Crippen molar-refractivity contribution in [1.82, 2.24) is 9.03 Å². The normalized spacial score (nSPS) is 22.3. The van der Waals surface area contributed by atoms with Crippen LogP contribution in [-0.2, 0) is 4.74 Å². The van der Waals surface area contributed by atoms with Crippen LogP contribution in [0.25, 0.3) is 0 Å². The minimum absolute atomic E-state index is 0.00266. The van der Waals surface area contributed by atoms with Crippen molar-refractivity contribution >= 4 is 16.9 Å². The summed E-state index contributed by atoms with van der Waals surface area (Å²) in [5, 5.41) is 20.2. The number of benzene rings is 1. The van der Waals surface area contributed by atoms with Gasteiger partial charge in [-0.3, -0.25) is 19.2 Å². The van der Waals surface area contributed by atoms with E-state index < -0.39 is 40.5 Å². The van der Waals surface area contributed by atoms with E-state index in [1.54, 1.807) is 30.3 Å². The van der Waals surface area contributed by atoms with E-state index in [0.29, 0.717) is 5.56 Å². The lowest BCUT2D eigenvalue weighted by molar-refractivity contribution is -0.489. The summed E-state index contributed by atoms with van der Waals surface area (Å²) in [5.41, 5.74) is 0.350. The van der Waals surface area contributed by atoms with E-state index in [0.717, 1.165) is 0 Å². The fraction of sp³-hybridized carbons (Fsp3) is 0.500. The number of rotatable bonds is 8. The zero-order valence-electron chi connectivity index (χ0n) is 13.4. The van der Waals surface area contributed by atoms with Crippen LogP contribution in [0.1, 0.15) is 16.8 Å². The molecule has 1 aliphatic rings. The van der Waals surface area contributed by atoms with E-state index in [1.807, 2.05) is 0 Å². The molecule has 0 spiro atoms. The number of carbonyl (C=O) groups is 1. The molecule has 0 bridgehead atoms. The lowest BCUT2D eigenvalue weighted by Gasteiger charge is -2.35. The molecule has 0 aromatic heterocycles. The molecule has 1 aliphatic heterocycles. The van der Waals surface area contributed by atoms with Crippen molar-refractivity contribution < 1.29 is 28.7 Å². The lowest BCUT2D eigenvalue weighted by atomic mass is 10.1. The first-order valence-corrected chi connectivity index (χ1v) is 9.11. The number of nitro groups is 1. The predicted molar refractivity (Wildman–Crippen MR) is 90.3 cm³/mol. The van der Waals surface area contributed by atoms with Gasteiger partial charge in [-0.05, 0) is 18.6 Å². The van der Waals surface area contributed by atoms with Gasteiger partial charge in [-0.2, -0.15) is 9.03 Å². The number of carbonyl (C=O) groups excluding carboxylic acids is 1. The number of hydrogen-bond donors (Lipinski definition) is 4. The third-order valence-electron chi connectivity index (χ3n) is 3.68. The Kier molecular flexibility index (Phi) is 6.70. The number of aliphatic hydroxyl groups is 1. The van der Waals surface area contributed by atoms with Gasteiger partial charge in [0.15, 0.2) is 0 Å². The van der Waals surface area contributed by atoms with Crippen LogP contribution in [0.4, 0.5) is 0 Å². The van der Waals surface area contributed by atoms with Crippen LogP contribution in [-0.4, -0.2) is 61.9 Å². The molecule has 0 amide bonds. The van der Waals surface area contributed by atoms with E-state index in [-0.39, 0.29) is 26.1 Å². The van der Waals surface area contributed by atoms with Gasteiger partial charge in [-0.15, -0.1) is 0 Å². The van der Waals surface area contributed by atoms with Gasteiger partial charge in [-0.1, -0.05) is 29.2 Å². The van der Waals surface area contributed by atoms with Gasteiger partial charge < -0.3 is 9.84 Å². The van der Waals surface area contributed by atoms with Crippen molar-refractivity contribution in [3.63, 3.8) is 0 Å². The Morgan fingerprint density at radius 2 is 2.12 bits per heavy atom. The number of ether oxygens (including phenoxy) is 1. The molecule has 2 atom stereocenters. The summed E-state index contributed by atoms with van der Waals surface area (Å²) >= 11 is 0. The number of hydrogen-bond acceptors (Lipinski definition) is 9. The zero-order chi connectivity index (χ0) is 18.4. The van der Waals surface area contributed by atoms with Gasteiger partial charge >= 0.3 is 5.97 Å². The van der Waals surface area contributed by atoms with E-state index in [4.69, 9.17) is 4.74 Å². The van der Waals surface area contributed by atoms with Gasteiger partial charge in [0.2, 0.25) is 6.54 Å². The van der Waals surface area contributed by atoms with E-state index >= 15 is 0 Å². The van der Waals surface area contributed by atoms with Crippen LogP contribution in [0, 0.1) is 16.0 Å². The largest absolute Gasteiger partial charge is 0.462 e. The summed E-state index contributed by atoms with van der Waals surface area (Å²) in [5.74, 6) is -1.16. The maximum atomic E-state index is 11.9. The smallest absolute Gasteiger partial charge is 0.338 e. The Hall–Kier alpha value is -1.76. The summed E-state index contributed by atoms with van der Waals surface area (Å²) < 4.78 is 28.1. The van der Waals surface area contributed by atoms with Crippen molar-refractivity contribution in [2.24, 2.45) is 5.92 Å². The third kappa shape index (κ3) is 5.92. The van der Waals surface area contributed by atoms with Crippen LogP contribution in [0.5, 0.6) is 0 Å². The Morgan fingerprint density at radius 3 is 2.68 bits per heavy atom. The summed E-state index contributed by atoms with van der Waals surface area (Å²) in [6.07, 6.45) is -0.872. The third-order valence-corrected chi connectivity index (χ3v) is 5.32. The van der Waals surface area contributed by atoms with Crippen LogP contribution < -0.4 is 4.72 Å². The molecule has 1 heterocycles. The zero-order valence-corrected chi connectivity index (χ0v) is 14.2. The number of nitrogens with zero attached hydrogens (tertiary/aromatic N) is 2. The molecule has 0 saturated carbocycles. The molecule has 0 radical (unpaired) electrons. The second-order valence-electron chi connectivity index (χ2n) is 5.67. The molecule has 10 nitrogen and oxygen atoms in total. The molecule has 4 N–H and O–H groups in total. The van der Waals surface area contributed by atoms with Crippen molar-refractivity contribution in [2.45, 2.75) is 12.6 Å². The SMILES string of the molecule is O=C(OCC(CCN1CC(O)NS1(O)O)C[N+](=O)[O-])c1ccccc1. The minimum Gasteiger partial charge on any atom is -0.462 e. The van der Waals surface area contributed by atoms with Crippen molar-refractivity contribution in [3.8, 4) is 0 Å². The van der Waals surface area contributed by atoms with Gasteiger partial charge in [0.1, 0.15) is 12.8 Å². The summed E-state index contributed by atoms with van der Waals surface area (Å²) in [6, 6.07) is 8.28. The molecule has 25 heavy (non-hydrogen) atoms. The van der Waals surface area contributed by atoms with Crippen LogP contribution >= 0.6 is 11.0 Å². The molecule has 2 rings (SSSR count). The highest BCUT2D eigenvalue weighted by atomic mass is 32.3. The standard InChI is InChI=1S/C14H21N3O7S/c18-13-9-16(25(22,23)15-13)7-6-11(8-17(20)21)10-24-14(19)12-4-2-1-3-5-12/h1-5,11,13,15,18,22-23H,6-10H2.